The predicted octanol–water partition coefficient (Wildman–Crippen LogP) is 1.21. The van der Waals surface area contributed by atoms with Crippen LogP contribution in [0.15, 0.2) is 11.0 Å². The quantitative estimate of drug-likeness (QED) is 0.670. The molecule has 0 saturated heterocycles. The van der Waals surface area contributed by atoms with Gasteiger partial charge in [0.25, 0.3) is 5.56 Å². The fourth-order valence-electron chi connectivity index (χ4n) is 2.42. The van der Waals surface area contributed by atoms with Gasteiger partial charge in [0, 0.05) is 24.7 Å². The average molecular weight is 221 g/mol. The molecule has 84 valence electrons. The van der Waals surface area contributed by atoms with Gasteiger partial charge in [-0.25, -0.2) is 4.68 Å². The minimum atomic E-state index is -0.396. The molecule has 0 radical (unpaired) electrons. The molecule has 1 aliphatic rings. The van der Waals surface area contributed by atoms with Crippen LogP contribution in [0.25, 0.3) is 10.8 Å². The molecule has 4 nitrogen and oxygen atoms in total. The summed E-state index contributed by atoms with van der Waals surface area (Å²) in [5.74, 6) is -0.396. The van der Waals surface area contributed by atoms with Crippen LogP contribution in [-0.4, -0.2) is 14.3 Å². The Morgan fingerprint density at radius 1 is 1.44 bits per heavy atom. The van der Waals surface area contributed by atoms with Gasteiger partial charge in [0.2, 0.25) is 5.95 Å². The molecule has 3 rings (SSSR count). The third kappa shape index (κ3) is 1.08. The normalized spacial score (nSPS) is 15.4. The molecule has 0 saturated carbocycles. The number of hydrogen-bond acceptors (Lipinski definition) is 2. The van der Waals surface area contributed by atoms with Gasteiger partial charge in [-0.1, -0.05) is 0 Å². The highest BCUT2D eigenvalue weighted by Crippen LogP contribution is 2.26. The van der Waals surface area contributed by atoms with Gasteiger partial charge in [-0.2, -0.15) is 9.49 Å². The van der Waals surface area contributed by atoms with Crippen molar-refractivity contribution in [1.29, 1.82) is 0 Å². The Morgan fingerprint density at radius 3 is 3.06 bits per heavy atom. The van der Waals surface area contributed by atoms with E-state index in [9.17, 15) is 9.18 Å². The Hall–Kier alpha value is -1.65. The summed E-state index contributed by atoms with van der Waals surface area (Å²) in [6.07, 6.45) is 4.44. The van der Waals surface area contributed by atoms with Crippen LogP contribution in [-0.2, 0) is 20.0 Å². The molecule has 5 heteroatoms. The lowest BCUT2D eigenvalue weighted by atomic mass is 10.1. The van der Waals surface area contributed by atoms with Gasteiger partial charge in [-0.05, 0) is 19.3 Å². The topological polar surface area (TPSA) is 39.8 Å². The second-order valence-electron chi connectivity index (χ2n) is 4.21. The van der Waals surface area contributed by atoms with E-state index in [1.165, 1.54) is 11.7 Å². The number of nitrogens with zero attached hydrogens (tertiary/aromatic N) is 3. The molecule has 0 bridgehead atoms. The molecule has 1 aliphatic heterocycles. The Morgan fingerprint density at radius 2 is 2.25 bits per heavy atom. The van der Waals surface area contributed by atoms with E-state index in [0.29, 0.717) is 11.9 Å². The zero-order valence-corrected chi connectivity index (χ0v) is 9.03. The summed E-state index contributed by atoms with van der Waals surface area (Å²) in [5.41, 5.74) is 0.570. The first-order valence-electron chi connectivity index (χ1n) is 5.43. The molecule has 0 fully saturated rings. The summed E-state index contributed by atoms with van der Waals surface area (Å²) < 4.78 is 16.9. The lowest BCUT2D eigenvalue weighted by molar-refractivity contribution is 0.443. The fourth-order valence-corrected chi connectivity index (χ4v) is 2.42. The highest BCUT2D eigenvalue weighted by Gasteiger charge is 2.22. The second-order valence-corrected chi connectivity index (χ2v) is 4.21. The number of aryl methyl sites for hydroxylation is 2. The van der Waals surface area contributed by atoms with E-state index in [-0.39, 0.29) is 10.9 Å². The largest absolute Gasteiger partial charge is 0.321 e. The van der Waals surface area contributed by atoms with Crippen LogP contribution < -0.4 is 5.56 Å². The van der Waals surface area contributed by atoms with Crippen molar-refractivity contribution in [2.24, 2.45) is 7.05 Å². The van der Waals surface area contributed by atoms with E-state index in [0.717, 1.165) is 25.0 Å². The zero-order valence-electron chi connectivity index (χ0n) is 9.03. The fraction of sp³-hybridized carbons (Fsp3) is 0.455. The first kappa shape index (κ1) is 9.57. The molecule has 0 unspecified atom stereocenters. The number of rotatable bonds is 0. The highest BCUT2D eigenvalue weighted by atomic mass is 19.1. The summed E-state index contributed by atoms with van der Waals surface area (Å²) in [7, 11) is 1.54. The summed E-state index contributed by atoms with van der Waals surface area (Å²) in [4.78, 5) is 11.8. The smallest absolute Gasteiger partial charge is 0.279 e. The monoisotopic (exact) mass is 221 g/mol. The first-order valence-corrected chi connectivity index (χ1v) is 5.43. The molecule has 0 amide bonds. The molecule has 0 aromatic carbocycles. The lowest BCUT2D eigenvalue weighted by Crippen LogP contribution is -2.19. The van der Waals surface area contributed by atoms with Crippen molar-refractivity contribution < 1.29 is 4.39 Å². The van der Waals surface area contributed by atoms with E-state index >= 15 is 0 Å². The molecule has 0 atom stereocenters. The third-order valence-electron chi connectivity index (χ3n) is 3.26. The van der Waals surface area contributed by atoms with Gasteiger partial charge in [0.15, 0.2) is 0 Å². The van der Waals surface area contributed by atoms with E-state index < -0.39 is 5.95 Å². The maximum atomic E-state index is 14.1. The minimum Gasteiger partial charge on any atom is -0.321 e. The van der Waals surface area contributed by atoms with Crippen LogP contribution in [0.2, 0.25) is 0 Å². The maximum absolute atomic E-state index is 14.1. The second kappa shape index (κ2) is 3.17. The highest BCUT2D eigenvalue weighted by molar-refractivity contribution is 5.84. The van der Waals surface area contributed by atoms with Gasteiger partial charge < -0.3 is 4.57 Å². The van der Waals surface area contributed by atoms with Gasteiger partial charge in [-0.15, -0.1) is 0 Å². The summed E-state index contributed by atoms with van der Waals surface area (Å²) >= 11 is 0. The van der Waals surface area contributed by atoms with Crippen molar-refractivity contribution in [3.05, 3.63) is 28.2 Å². The van der Waals surface area contributed by atoms with Gasteiger partial charge >= 0.3 is 0 Å². The van der Waals surface area contributed by atoms with Crippen LogP contribution in [0, 0.1) is 5.95 Å². The summed E-state index contributed by atoms with van der Waals surface area (Å²) in [6, 6.07) is 0. The SMILES string of the molecule is Cn1ncc2c3n(c(F)c2c1=O)CCCC3. The average Bonchev–Trinajstić information content (AvgIpc) is 2.59. The summed E-state index contributed by atoms with van der Waals surface area (Å²) in [5, 5.41) is 4.82. The van der Waals surface area contributed by atoms with Crippen molar-refractivity contribution in [3.8, 4) is 0 Å². The van der Waals surface area contributed by atoms with Crippen molar-refractivity contribution in [3.63, 3.8) is 0 Å². The molecule has 3 heterocycles. The van der Waals surface area contributed by atoms with E-state index in [1.807, 2.05) is 0 Å². The molecule has 2 aromatic rings. The Labute approximate surface area is 91.3 Å². The van der Waals surface area contributed by atoms with Crippen molar-refractivity contribution in [1.82, 2.24) is 14.3 Å². The Bertz CT molecular complexity index is 626. The molecular formula is C11H12FN3O. The molecule has 0 aliphatic carbocycles. The zero-order chi connectivity index (χ0) is 11.3. The first-order chi connectivity index (χ1) is 7.70. The van der Waals surface area contributed by atoms with E-state index in [4.69, 9.17) is 0 Å². The number of hydrogen-bond donors (Lipinski definition) is 0. The number of aromatic nitrogens is 3. The molecular weight excluding hydrogens is 209 g/mol. The van der Waals surface area contributed by atoms with Gasteiger partial charge in [-0.3, -0.25) is 4.79 Å². The van der Waals surface area contributed by atoms with E-state index in [1.54, 1.807) is 10.8 Å². The standard InChI is InChI=1S/C11H12FN3O/c1-14-11(16)9-7(6-13-14)8-4-2-3-5-15(8)10(9)12/h6H,2-5H2,1H3. The lowest BCUT2D eigenvalue weighted by Gasteiger charge is -2.14. The van der Waals surface area contributed by atoms with Crippen molar-refractivity contribution >= 4 is 10.8 Å². The third-order valence-corrected chi connectivity index (χ3v) is 3.26. The molecule has 16 heavy (non-hydrogen) atoms. The van der Waals surface area contributed by atoms with Crippen LogP contribution in [0.4, 0.5) is 4.39 Å². The van der Waals surface area contributed by atoms with Crippen LogP contribution in [0.1, 0.15) is 18.5 Å². The maximum Gasteiger partial charge on any atom is 0.279 e. The van der Waals surface area contributed by atoms with Crippen molar-refractivity contribution in [2.45, 2.75) is 25.8 Å². The Balaban J connectivity index is 2.49. The van der Waals surface area contributed by atoms with Crippen molar-refractivity contribution in [2.75, 3.05) is 0 Å². The van der Waals surface area contributed by atoms with Gasteiger partial charge in [0.05, 0.1) is 6.20 Å². The number of fused-ring (bicyclic) bond motifs is 3. The van der Waals surface area contributed by atoms with Crippen LogP contribution >= 0.6 is 0 Å². The minimum absolute atomic E-state index is 0.189. The predicted molar refractivity (Wildman–Crippen MR) is 57.9 cm³/mol. The van der Waals surface area contributed by atoms with Crippen LogP contribution in [0.3, 0.4) is 0 Å². The summed E-state index contributed by atoms with van der Waals surface area (Å²) in [6.45, 7) is 0.666. The van der Waals surface area contributed by atoms with Gasteiger partial charge in [0.1, 0.15) is 5.39 Å². The van der Waals surface area contributed by atoms with Crippen LogP contribution in [0.5, 0.6) is 0 Å². The van der Waals surface area contributed by atoms with E-state index in [2.05, 4.69) is 5.10 Å². The number of halogens is 1. The molecule has 2 aromatic heterocycles. The molecule has 0 N–H and O–H groups in total. The molecule has 0 spiro atoms. The Kier molecular flexibility index (Phi) is 1.89.